The summed E-state index contributed by atoms with van der Waals surface area (Å²) in [6.07, 6.45) is -2.38. The van der Waals surface area contributed by atoms with Crippen molar-refractivity contribution < 1.29 is 8.78 Å². The van der Waals surface area contributed by atoms with Crippen LogP contribution in [0.2, 0.25) is 0 Å². The molecule has 0 amide bonds. The summed E-state index contributed by atoms with van der Waals surface area (Å²) in [5.74, 6) is 0. The quantitative estimate of drug-likeness (QED) is 0.719. The largest absolute Gasteiger partial charge is 0.264 e. The number of nitrogens with zero attached hydrogens (tertiary/aromatic N) is 2. The van der Waals surface area contributed by atoms with E-state index in [2.05, 4.69) is 5.10 Å². The second-order valence-corrected chi connectivity index (χ2v) is 3.93. The van der Waals surface area contributed by atoms with Gasteiger partial charge in [0, 0.05) is 11.3 Å². The molecule has 0 bridgehead atoms. The number of aromatic nitrogens is 2. The van der Waals surface area contributed by atoms with Gasteiger partial charge in [-0.2, -0.15) is 5.10 Å². The molecule has 0 saturated carbocycles. The van der Waals surface area contributed by atoms with E-state index < -0.39 is 6.43 Å². The lowest BCUT2D eigenvalue weighted by atomic mass is 10.1. The third-order valence-corrected chi connectivity index (χ3v) is 2.36. The van der Waals surface area contributed by atoms with E-state index in [-0.39, 0.29) is 11.9 Å². The number of hydrogen-bond acceptors (Lipinski definition) is 1. The Morgan fingerprint density at radius 1 is 1.43 bits per heavy atom. The van der Waals surface area contributed by atoms with E-state index in [1.165, 1.54) is 4.68 Å². The van der Waals surface area contributed by atoms with Crippen LogP contribution in [0.15, 0.2) is 0 Å². The summed E-state index contributed by atoms with van der Waals surface area (Å²) in [5, 5.41) is 3.83. The molecule has 5 heteroatoms. The van der Waals surface area contributed by atoms with Crippen molar-refractivity contribution in [2.24, 2.45) is 0 Å². The first-order chi connectivity index (χ1) is 6.43. The molecule has 14 heavy (non-hydrogen) atoms. The molecule has 1 rings (SSSR count). The fraction of sp³-hybridized carbons (Fsp3) is 0.667. The van der Waals surface area contributed by atoms with Crippen LogP contribution in [0, 0.1) is 13.8 Å². The van der Waals surface area contributed by atoms with Gasteiger partial charge in [0.25, 0.3) is 6.43 Å². The molecular formula is C9H13ClF2N2. The summed E-state index contributed by atoms with van der Waals surface area (Å²) in [6, 6.07) is 0. The molecule has 1 aromatic heterocycles. The molecule has 80 valence electrons. The molecule has 1 unspecified atom stereocenters. The molecule has 0 aliphatic carbocycles. The van der Waals surface area contributed by atoms with Crippen LogP contribution < -0.4 is 0 Å². The standard InChI is InChI=1S/C9H13ClF2N2/c1-5(10)9-6(2)13-14(7(9)3)4-8(11)12/h5,8H,4H2,1-3H3. The highest BCUT2D eigenvalue weighted by Gasteiger charge is 2.17. The number of alkyl halides is 3. The fourth-order valence-corrected chi connectivity index (χ4v) is 1.91. The lowest BCUT2D eigenvalue weighted by Crippen LogP contribution is -2.10. The van der Waals surface area contributed by atoms with E-state index in [9.17, 15) is 8.78 Å². The van der Waals surface area contributed by atoms with Gasteiger partial charge in [0.2, 0.25) is 0 Å². The minimum atomic E-state index is -2.38. The third-order valence-electron chi connectivity index (χ3n) is 2.15. The van der Waals surface area contributed by atoms with Crippen molar-refractivity contribution >= 4 is 11.6 Å². The highest BCUT2D eigenvalue weighted by molar-refractivity contribution is 6.20. The fourth-order valence-electron chi connectivity index (χ4n) is 1.59. The van der Waals surface area contributed by atoms with Crippen molar-refractivity contribution in [3.8, 4) is 0 Å². The lowest BCUT2D eigenvalue weighted by molar-refractivity contribution is 0.121. The van der Waals surface area contributed by atoms with E-state index in [4.69, 9.17) is 11.6 Å². The van der Waals surface area contributed by atoms with Crippen molar-refractivity contribution in [3.63, 3.8) is 0 Å². The van der Waals surface area contributed by atoms with E-state index in [0.29, 0.717) is 0 Å². The van der Waals surface area contributed by atoms with Crippen LogP contribution >= 0.6 is 11.6 Å². The van der Waals surface area contributed by atoms with E-state index >= 15 is 0 Å². The Hall–Kier alpha value is -0.640. The highest BCUT2D eigenvalue weighted by atomic mass is 35.5. The summed E-state index contributed by atoms with van der Waals surface area (Å²) in [5.41, 5.74) is 2.31. The Kier molecular flexibility index (Phi) is 3.48. The van der Waals surface area contributed by atoms with Gasteiger partial charge in [-0.3, -0.25) is 4.68 Å². The maximum absolute atomic E-state index is 12.1. The zero-order chi connectivity index (χ0) is 10.9. The molecule has 2 nitrogen and oxygen atoms in total. The molecule has 0 spiro atoms. The van der Waals surface area contributed by atoms with Gasteiger partial charge in [-0.15, -0.1) is 11.6 Å². The van der Waals surface area contributed by atoms with Crippen molar-refractivity contribution in [1.29, 1.82) is 0 Å². The second kappa shape index (κ2) is 4.26. The van der Waals surface area contributed by atoms with Crippen LogP contribution in [0.4, 0.5) is 8.78 Å². The summed E-state index contributed by atoms with van der Waals surface area (Å²) >= 11 is 5.92. The third kappa shape index (κ3) is 2.23. The van der Waals surface area contributed by atoms with Gasteiger partial charge in [0.15, 0.2) is 0 Å². The zero-order valence-electron chi connectivity index (χ0n) is 8.39. The molecule has 0 aliphatic rings. The Morgan fingerprint density at radius 3 is 2.36 bits per heavy atom. The van der Waals surface area contributed by atoms with Crippen molar-refractivity contribution in [1.82, 2.24) is 9.78 Å². The first-order valence-electron chi connectivity index (χ1n) is 4.39. The molecule has 1 aromatic rings. The van der Waals surface area contributed by atoms with Crippen molar-refractivity contribution in [2.75, 3.05) is 0 Å². The Morgan fingerprint density at radius 2 is 2.00 bits per heavy atom. The molecule has 1 atom stereocenters. The van der Waals surface area contributed by atoms with E-state index in [0.717, 1.165) is 17.0 Å². The molecule has 0 saturated heterocycles. The zero-order valence-corrected chi connectivity index (χ0v) is 9.15. The predicted molar refractivity (Wildman–Crippen MR) is 52.0 cm³/mol. The summed E-state index contributed by atoms with van der Waals surface area (Å²) in [7, 11) is 0. The minimum Gasteiger partial charge on any atom is -0.264 e. The predicted octanol–water partition coefficient (Wildman–Crippen LogP) is 3.06. The lowest BCUT2D eigenvalue weighted by Gasteiger charge is -2.05. The Labute approximate surface area is 86.9 Å². The second-order valence-electron chi connectivity index (χ2n) is 3.27. The van der Waals surface area contributed by atoms with Gasteiger partial charge in [-0.1, -0.05) is 0 Å². The van der Waals surface area contributed by atoms with E-state index in [1.54, 1.807) is 13.8 Å². The van der Waals surface area contributed by atoms with Gasteiger partial charge < -0.3 is 0 Å². The van der Waals surface area contributed by atoms with Gasteiger partial charge >= 0.3 is 0 Å². The van der Waals surface area contributed by atoms with E-state index in [1.807, 2.05) is 6.92 Å². The topological polar surface area (TPSA) is 17.8 Å². The first kappa shape index (κ1) is 11.4. The van der Waals surface area contributed by atoms with Crippen LogP contribution in [0.1, 0.15) is 29.3 Å². The highest BCUT2D eigenvalue weighted by Crippen LogP contribution is 2.26. The average Bonchev–Trinajstić information content (AvgIpc) is 2.25. The molecule has 0 N–H and O–H groups in total. The number of halogens is 3. The molecular weight excluding hydrogens is 210 g/mol. The Balaban J connectivity index is 3.04. The molecule has 0 fully saturated rings. The maximum Gasteiger partial charge on any atom is 0.257 e. The normalized spacial score (nSPS) is 13.6. The number of hydrogen-bond donors (Lipinski definition) is 0. The maximum atomic E-state index is 12.1. The van der Waals surface area contributed by atoms with Gasteiger partial charge in [-0.05, 0) is 20.8 Å². The molecule has 1 heterocycles. The summed E-state index contributed by atoms with van der Waals surface area (Å²) < 4.78 is 25.6. The average molecular weight is 223 g/mol. The van der Waals surface area contributed by atoms with Gasteiger partial charge in [0.1, 0.15) is 6.54 Å². The van der Waals surface area contributed by atoms with Gasteiger partial charge in [0.05, 0.1) is 11.1 Å². The Bertz CT molecular complexity index is 321. The number of rotatable bonds is 3. The summed E-state index contributed by atoms with van der Waals surface area (Å²) in [6.45, 7) is 4.99. The van der Waals surface area contributed by atoms with Crippen LogP contribution in [-0.2, 0) is 6.54 Å². The monoisotopic (exact) mass is 222 g/mol. The van der Waals surface area contributed by atoms with Gasteiger partial charge in [-0.25, -0.2) is 8.78 Å². The van der Waals surface area contributed by atoms with Crippen LogP contribution in [-0.4, -0.2) is 16.2 Å². The van der Waals surface area contributed by atoms with Crippen LogP contribution in [0.3, 0.4) is 0 Å². The molecule has 0 aliphatic heterocycles. The van der Waals surface area contributed by atoms with Crippen molar-refractivity contribution in [2.45, 2.75) is 39.1 Å². The van der Waals surface area contributed by atoms with Crippen LogP contribution in [0.25, 0.3) is 0 Å². The molecule has 0 radical (unpaired) electrons. The SMILES string of the molecule is Cc1nn(CC(F)F)c(C)c1C(C)Cl. The van der Waals surface area contributed by atoms with Crippen molar-refractivity contribution in [3.05, 3.63) is 17.0 Å². The first-order valence-corrected chi connectivity index (χ1v) is 4.83. The number of aryl methyl sites for hydroxylation is 1. The minimum absolute atomic E-state index is 0.193. The smallest absolute Gasteiger partial charge is 0.257 e. The van der Waals surface area contributed by atoms with Crippen LogP contribution in [0.5, 0.6) is 0 Å². The molecule has 0 aromatic carbocycles. The summed E-state index contributed by atoms with van der Waals surface area (Å²) in [4.78, 5) is 0.